The fourth-order valence-corrected chi connectivity index (χ4v) is 3.16. The van der Waals surface area contributed by atoms with Crippen molar-refractivity contribution in [3.8, 4) is 28.8 Å². The summed E-state index contributed by atoms with van der Waals surface area (Å²) >= 11 is 0. The van der Waals surface area contributed by atoms with Gasteiger partial charge in [-0.25, -0.2) is 4.79 Å². The third kappa shape index (κ3) is 3.71. The number of carbonyl (C=O) groups excluding carboxylic acids is 1. The molecular weight excluding hydrogens is 390 g/mol. The van der Waals surface area contributed by atoms with E-state index in [1.807, 2.05) is 18.2 Å². The van der Waals surface area contributed by atoms with Gasteiger partial charge >= 0.3 is 6.03 Å². The van der Waals surface area contributed by atoms with Crippen molar-refractivity contribution in [1.29, 1.82) is 0 Å². The van der Waals surface area contributed by atoms with Gasteiger partial charge in [-0.2, -0.15) is 4.98 Å². The van der Waals surface area contributed by atoms with Gasteiger partial charge in [0.05, 0.1) is 32.9 Å². The second-order valence-corrected chi connectivity index (χ2v) is 6.62. The number of ether oxygens (including phenoxy) is 3. The third-order valence-electron chi connectivity index (χ3n) is 4.77. The highest BCUT2D eigenvalue weighted by Crippen LogP contribution is 2.40. The first-order chi connectivity index (χ1) is 14.6. The highest BCUT2D eigenvalue weighted by molar-refractivity contribution is 5.91. The van der Waals surface area contributed by atoms with Crippen molar-refractivity contribution in [3.05, 3.63) is 42.4 Å². The normalized spacial score (nSPS) is 13.5. The van der Waals surface area contributed by atoms with Crippen molar-refractivity contribution in [2.45, 2.75) is 5.92 Å². The van der Waals surface area contributed by atoms with Crippen molar-refractivity contribution in [2.75, 3.05) is 39.7 Å². The summed E-state index contributed by atoms with van der Waals surface area (Å²) in [5.41, 5.74) is 1.18. The second kappa shape index (κ2) is 8.27. The molecule has 1 aromatic carbocycles. The van der Waals surface area contributed by atoms with E-state index in [1.165, 1.54) is 21.3 Å². The molecule has 1 N–H and O–H groups in total. The number of benzene rings is 1. The number of hydrogen-bond acceptors (Lipinski definition) is 8. The Hall–Kier alpha value is -3.82. The monoisotopic (exact) mass is 411 g/mol. The maximum atomic E-state index is 12.6. The highest BCUT2D eigenvalue weighted by atomic mass is 16.5. The number of aromatic nitrogens is 3. The number of nitrogens with one attached hydrogen (secondary N) is 1. The molecule has 10 nitrogen and oxygen atoms in total. The smallest absolute Gasteiger partial charge is 0.321 e. The third-order valence-corrected chi connectivity index (χ3v) is 4.77. The summed E-state index contributed by atoms with van der Waals surface area (Å²) in [6.45, 7) is 0.945. The van der Waals surface area contributed by atoms with Crippen molar-refractivity contribution in [2.24, 2.45) is 0 Å². The standard InChI is InChI=1S/C20H21N5O5/c1-27-15-8-13(9-16(28-2)17(15)29-3)22-20(26)25-10-12(11-25)19-23-18(24-30-19)14-6-4-5-7-21-14/h4-9,12H,10-11H2,1-3H3,(H,22,26). The molecule has 0 saturated carbocycles. The van der Waals surface area contributed by atoms with Crippen LogP contribution in [0.15, 0.2) is 41.1 Å². The number of amides is 2. The molecule has 4 rings (SSSR count). The van der Waals surface area contributed by atoms with Crippen LogP contribution in [0.4, 0.5) is 10.5 Å². The van der Waals surface area contributed by atoms with Crippen LogP contribution < -0.4 is 19.5 Å². The van der Waals surface area contributed by atoms with Gasteiger partial charge in [0.25, 0.3) is 0 Å². The predicted molar refractivity (Wildman–Crippen MR) is 107 cm³/mol. The first kappa shape index (κ1) is 19.5. The maximum Gasteiger partial charge on any atom is 0.321 e. The largest absolute Gasteiger partial charge is 0.493 e. The molecule has 30 heavy (non-hydrogen) atoms. The lowest BCUT2D eigenvalue weighted by Crippen LogP contribution is -2.50. The molecule has 0 unspecified atom stereocenters. The Labute approximate surface area is 172 Å². The second-order valence-electron chi connectivity index (χ2n) is 6.62. The van der Waals surface area contributed by atoms with Crippen LogP contribution in [0, 0.1) is 0 Å². The minimum Gasteiger partial charge on any atom is -0.493 e. The van der Waals surface area contributed by atoms with Gasteiger partial charge in [0, 0.05) is 31.4 Å². The Kier molecular flexibility index (Phi) is 5.38. The Morgan fingerprint density at radius 3 is 2.47 bits per heavy atom. The average molecular weight is 411 g/mol. The van der Waals surface area contributed by atoms with Crippen LogP contribution in [0.1, 0.15) is 11.8 Å². The van der Waals surface area contributed by atoms with Gasteiger partial charge in [0.2, 0.25) is 17.5 Å². The number of rotatable bonds is 6. The number of pyridine rings is 1. The summed E-state index contributed by atoms with van der Waals surface area (Å²) in [6.07, 6.45) is 1.67. The molecule has 1 saturated heterocycles. The van der Waals surface area contributed by atoms with Crippen LogP contribution in [0.3, 0.4) is 0 Å². The van der Waals surface area contributed by atoms with Crippen LogP contribution in [-0.4, -0.2) is 60.5 Å². The molecule has 10 heteroatoms. The topological polar surface area (TPSA) is 112 Å². The lowest BCUT2D eigenvalue weighted by Gasteiger charge is -2.36. The van der Waals surface area contributed by atoms with Crippen molar-refractivity contribution in [3.63, 3.8) is 0 Å². The Morgan fingerprint density at radius 2 is 1.87 bits per heavy atom. The van der Waals surface area contributed by atoms with E-state index in [0.29, 0.717) is 53.4 Å². The number of anilines is 1. The molecule has 0 radical (unpaired) electrons. The van der Waals surface area contributed by atoms with E-state index < -0.39 is 0 Å². The van der Waals surface area contributed by atoms with Crippen molar-refractivity contribution >= 4 is 11.7 Å². The van der Waals surface area contributed by atoms with Gasteiger partial charge in [-0.05, 0) is 12.1 Å². The lowest BCUT2D eigenvalue weighted by molar-refractivity contribution is 0.147. The zero-order valence-corrected chi connectivity index (χ0v) is 16.8. The van der Waals surface area contributed by atoms with Crippen LogP contribution in [-0.2, 0) is 0 Å². The molecule has 1 aliphatic rings. The molecule has 0 spiro atoms. The van der Waals surface area contributed by atoms with Gasteiger partial charge in [0.15, 0.2) is 11.5 Å². The molecule has 0 aliphatic carbocycles. The molecule has 0 atom stereocenters. The fraction of sp³-hybridized carbons (Fsp3) is 0.300. The van der Waals surface area contributed by atoms with Crippen LogP contribution in [0.2, 0.25) is 0 Å². The predicted octanol–water partition coefficient (Wildman–Crippen LogP) is 2.79. The Bertz CT molecular complexity index is 1010. The SMILES string of the molecule is COc1cc(NC(=O)N2CC(c3nc(-c4ccccn4)no3)C2)cc(OC)c1OC. The van der Waals surface area contributed by atoms with Crippen molar-refractivity contribution in [1.82, 2.24) is 20.0 Å². The van der Waals surface area contributed by atoms with Crippen LogP contribution >= 0.6 is 0 Å². The van der Waals surface area contributed by atoms with Gasteiger partial charge in [0.1, 0.15) is 5.69 Å². The summed E-state index contributed by atoms with van der Waals surface area (Å²) in [5, 5.41) is 6.82. The van der Waals surface area contributed by atoms with Gasteiger partial charge in [-0.3, -0.25) is 4.98 Å². The van der Waals surface area contributed by atoms with Crippen LogP contribution in [0.5, 0.6) is 17.2 Å². The Balaban J connectivity index is 1.39. The quantitative estimate of drug-likeness (QED) is 0.659. The minimum atomic E-state index is -0.245. The Morgan fingerprint density at radius 1 is 1.13 bits per heavy atom. The minimum absolute atomic E-state index is 0.0133. The van der Waals surface area contributed by atoms with Crippen molar-refractivity contribution < 1.29 is 23.5 Å². The highest BCUT2D eigenvalue weighted by Gasteiger charge is 2.36. The number of hydrogen-bond donors (Lipinski definition) is 1. The van der Waals surface area contributed by atoms with E-state index >= 15 is 0 Å². The number of urea groups is 1. The lowest BCUT2D eigenvalue weighted by atomic mass is 10.0. The number of likely N-dealkylation sites (tertiary alicyclic amines) is 1. The summed E-state index contributed by atoms with van der Waals surface area (Å²) < 4.78 is 21.3. The molecule has 2 amide bonds. The van der Waals surface area contributed by atoms with Gasteiger partial charge in [-0.15, -0.1) is 0 Å². The molecule has 0 bridgehead atoms. The average Bonchev–Trinajstić information content (AvgIpc) is 3.22. The molecule has 1 fully saturated rings. The van der Waals surface area contributed by atoms with E-state index in [2.05, 4.69) is 20.4 Å². The first-order valence-corrected chi connectivity index (χ1v) is 9.24. The van der Waals surface area contributed by atoms with E-state index in [1.54, 1.807) is 23.2 Å². The van der Waals surface area contributed by atoms with E-state index in [4.69, 9.17) is 18.7 Å². The zero-order valence-electron chi connectivity index (χ0n) is 16.8. The number of carbonyl (C=O) groups is 1. The molecule has 2 aromatic heterocycles. The summed E-state index contributed by atoms with van der Waals surface area (Å²) in [7, 11) is 4.56. The maximum absolute atomic E-state index is 12.6. The zero-order chi connectivity index (χ0) is 21.1. The first-order valence-electron chi connectivity index (χ1n) is 9.24. The van der Waals surface area contributed by atoms with Gasteiger partial charge < -0.3 is 29.0 Å². The summed E-state index contributed by atoms with van der Waals surface area (Å²) in [5.74, 6) is 2.30. The summed E-state index contributed by atoms with van der Waals surface area (Å²) in [6, 6.07) is 8.59. The van der Waals surface area contributed by atoms with E-state index in [0.717, 1.165) is 0 Å². The van der Waals surface area contributed by atoms with Gasteiger partial charge in [-0.1, -0.05) is 11.2 Å². The fourth-order valence-electron chi connectivity index (χ4n) is 3.16. The molecule has 156 valence electrons. The summed E-state index contributed by atoms with van der Waals surface area (Å²) in [4.78, 5) is 22.8. The molecule has 3 aromatic rings. The van der Waals surface area contributed by atoms with E-state index in [9.17, 15) is 4.79 Å². The number of methoxy groups -OCH3 is 3. The van der Waals surface area contributed by atoms with Crippen LogP contribution in [0.25, 0.3) is 11.5 Å². The molecular formula is C20H21N5O5. The molecule has 1 aliphatic heterocycles. The molecule has 3 heterocycles. The van der Waals surface area contributed by atoms with E-state index in [-0.39, 0.29) is 11.9 Å². The number of nitrogens with zero attached hydrogens (tertiary/aromatic N) is 4.